The van der Waals surface area contributed by atoms with E-state index >= 15 is 0 Å². The average molecular weight is 655 g/mol. The number of ether oxygens (including phenoxy) is 3. The van der Waals surface area contributed by atoms with Gasteiger partial charge in [-0.1, -0.05) is 122 Å². The van der Waals surface area contributed by atoms with Crippen LogP contribution in [0.2, 0.25) is 0 Å². The quantitative estimate of drug-likeness (QED) is 0.0326. The molecule has 2 atom stereocenters. The number of quaternary nitrogens is 1. The second-order valence-corrected chi connectivity index (χ2v) is 13.8. The molecule has 0 aliphatic heterocycles. The van der Waals surface area contributed by atoms with E-state index in [0.717, 1.165) is 57.8 Å². The van der Waals surface area contributed by atoms with Crippen molar-refractivity contribution in [2.75, 3.05) is 41.0 Å². The van der Waals surface area contributed by atoms with Crippen LogP contribution in [0.5, 0.6) is 0 Å². The lowest BCUT2D eigenvalue weighted by atomic mass is 10.0. The van der Waals surface area contributed by atoms with E-state index < -0.39 is 18.1 Å². The molecule has 0 heterocycles. The lowest BCUT2D eigenvalue weighted by Crippen LogP contribution is -2.50. The van der Waals surface area contributed by atoms with Crippen LogP contribution in [-0.4, -0.2) is 80.6 Å². The Balaban J connectivity index is 4.42. The van der Waals surface area contributed by atoms with Crippen LogP contribution in [0.25, 0.3) is 0 Å². The number of carbonyl (C=O) groups excluding carboxylic acids is 2. The highest BCUT2D eigenvalue weighted by atomic mass is 16.6. The highest BCUT2D eigenvalue weighted by Gasteiger charge is 2.31. The molecular weight excluding hydrogens is 582 g/mol. The average Bonchev–Trinajstić information content (AvgIpc) is 3.00. The summed E-state index contributed by atoms with van der Waals surface area (Å²) in [4.78, 5) is 36.7. The Morgan fingerprint density at radius 2 is 1.13 bits per heavy atom. The van der Waals surface area contributed by atoms with E-state index in [2.05, 4.69) is 26.0 Å². The maximum absolute atomic E-state index is 12.6. The molecule has 0 aliphatic rings. The third-order valence-corrected chi connectivity index (χ3v) is 8.40. The van der Waals surface area contributed by atoms with Gasteiger partial charge in [0.1, 0.15) is 6.61 Å². The minimum Gasteiger partial charge on any atom is -0.477 e. The van der Waals surface area contributed by atoms with Gasteiger partial charge in [0.15, 0.2) is 12.1 Å². The third-order valence-electron chi connectivity index (χ3n) is 8.40. The van der Waals surface area contributed by atoms with Crippen LogP contribution in [0.4, 0.5) is 0 Å². The monoisotopic (exact) mass is 655 g/mol. The fraction of sp³-hybridized carbons (Fsp3) is 0.868. The number of nitrogens with zero attached hydrogens (tertiary/aromatic N) is 1. The van der Waals surface area contributed by atoms with E-state index in [4.69, 9.17) is 14.2 Å². The van der Waals surface area contributed by atoms with Crippen molar-refractivity contribution in [1.29, 1.82) is 0 Å². The molecule has 0 radical (unpaired) electrons. The second-order valence-electron chi connectivity index (χ2n) is 13.8. The fourth-order valence-corrected chi connectivity index (χ4v) is 5.45. The van der Waals surface area contributed by atoms with Gasteiger partial charge in [-0.15, -0.1) is 0 Å². The van der Waals surface area contributed by atoms with Crippen molar-refractivity contribution in [3.8, 4) is 0 Å². The van der Waals surface area contributed by atoms with Gasteiger partial charge in [0.05, 0.1) is 34.4 Å². The molecule has 0 saturated heterocycles. The van der Waals surface area contributed by atoms with E-state index in [1.165, 1.54) is 70.6 Å². The standard InChI is InChI=1S/C38H71NO7/c1-6-8-10-12-14-16-18-19-21-22-24-26-28-36(40)45-33-34(32-44-31-30-35(38(42)43)39(3,4)5)46-37(41)29-27-25-23-20-17-15-13-11-9-7-2/h11,13,34-35H,6-10,12,14-33H2,1-5H3/p+1/b13-11-. The summed E-state index contributed by atoms with van der Waals surface area (Å²) >= 11 is 0. The molecule has 0 saturated carbocycles. The van der Waals surface area contributed by atoms with Crippen LogP contribution >= 0.6 is 0 Å². The SMILES string of the molecule is CCC/C=C\CCCCCCCC(=O)OC(COCCC(C(=O)O)[N+](C)(C)C)COC(=O)CCCCCCCCCCCCCC. The number of hydrogen-bond acceptors (Lipinski definition) is 6. The first-order chi connectivity index (χ1) is 22.1. The van der Waals surface area contributed by atoms with Gasteiger partial charge in [-0.3, -0.25) is 9.59 Å². The van der Waals surface area contributed by atoms with Crippen LogP contribution in [0, 0.1) is 0 Å². The Kier molecular flexibility index (Phi) is 29.1. The van der Waals surface area contributed by atoms with E-state index in [1.54, 1.807) is 0 Å². The zero-order chi connectivity index (χ0) is 34.3. The molecule has 2 unspecified atom stereocenters. The van der Waals surface area contributed by atoms with Gasteiger partial charge < -0.3 is 23.8 Å². The fourth-order valence-electron chi connectivity index (χ4n) is 5.45. The van der Waals surface area contributed by atoms with E-state index in [1.807, 2.05) is 21.1 Å². The van der Waals surface area contributed by atoms with Crippen LogP contribution in [0.1, 0.15) is 162 Å². The number of rotatable bonds is 33. The number of carboxylic acids is 1. The Hall–Kier alpha value is -1.93. The largest absolute Gasteiger partial charge is 0.477 e. The summed E-state index contributed by atoms with van der Waals surface area (Å²) in [6.07, 6.45) is 28.2. The number of unbranched alkanes of at least 4 members (excludes halogenated alkanes) is 17. The first kappa shape index (κ1) is 44.1. The minimum absolute atomic E-state index is 0.0495. The molecule has 0 aliphatic carbocycles. The van der Waals surface area contributed by atoms with Crippen LogP contribution < -0.4 is 0 Å². The lowest BCUT2D eigenvalue weighted by Gasteiger charge is -2.31. The highest BCUT2D eigenvalue weighted by Crippen LogP contribution is 2.14. The van der Waals surface area contributed by atoms with Crippen molar-refractivity contribution in [1.82, 2.24) is 0 Å². The summed E-state index contributed by atoms with van der Waals surface area (Å²) in [5.74, 6) is -1.48. The molecule has 0 amide bonds. The summed E-state index contributed by atoms with van der Waals surface area (Å²) in [6.45, 7) is 4.65. The number of esters is 2. The number of carbonyl (C=O) groups is 3. The predicted molar refractivity (Wildman–Crippen MR) is 188 cm³/mol. The predicted octanol–water partition coefficient (Wildman–Crippen LogP) is 9.19. The Bertz CT molecular complexity index is 778. The minimum atomic E-state index is -0.876. The number of likely N-dealkylation sites (N-methyl/N-ethyl adjacent to an activating group) is 1. The van der Waals surface area contributed by atoms with Crippen molar-refractivity contribution in [2.24, 2.45) is 0 Å². The molecule has 0 aromatic rings. The molecule has 46 heavy (non-hydrogen) atoms. The van der Waals surface area contributed by atoms with Gasteiger partial charge >= 0.3 is 17.9 Å². The number of hydrogen-bond donors (Lipinski definition) is 1. The molecule has 8 heteroatoms. The van der Waals surface area contributed by atoms with Gasteiger partial charge in [0, 0.05) is 19.3 Å². The number of aliphatic carboxylic acids is 1. The van der Waals surface area contributed by atoms with Crippen LogP contribution in [0.3, 0.4) is 0 Å². The topological polar surface area (TPSA) is 99.1 Å². The maximum atomic E-state index is 12.6. The maximum Gasteiger partial charge on any atom is 0.362 e. The van der Waals surface area contributed by atoms with Gasteiger partial charge in [0.2, 0.25) is 0 Å². The lowest BCUT2D eigenvalue weighted by molar-refractivity contribution is -0.887. The van der Waals surface area contributed by atoms with Crippen molar-refractivity contribution in [3.63, 3.8) is 0 Å². The van der Waals surface area contributed by atoms with Gasteiger partial charge in [-0.05, 0) is 32.1 Å². The van der Waals surface area contributed by atoms with Gasteiger partial charge in [-0.2, -0.15) is 0 Å². The molecule has 1 N–H and O–H groups in total. The van der Waals surface area contributed by atoms with Crippen LogP contribution in [-0.2, 0) is 28.6 Å². The molecule has 270 valence electrons. The second kappa shape index (κ2) is 30.4. The molecule has 0 spiro atoms. The zero-order valence-electron chi connectivity index (χ0n) is 30.5. The number of carboxylic acid groups (broad SMARTS) is 1. The summed E-state index contributed by atoms with van der Waals surface area (Å²) in [5.41, 5.74) is 0. The Morgan fingerprint density at radius 1 is 0.630 bits per heavy atom. The van der Waals surface area contributed by atoms with E-state index in [0.29, 0.717) is 19.3 Å². The smallest absolute Gasteiger partial charge is 0.362 e. The van der Waals surface area contributed by atoms with E-state index in [9.17, 15) is 19.5 Å². The third kappa shape index (κ3) is 28.3. The zero-order valence-corrected chi connectivity index (χ0v) is 30.5. The van der Waals surface area contributed by atoms with Crippen molar-refractivity contribution in [2.45, 2.75) is 174 Å². The summed E-state index contributed by atoms with van der Waals surface area (Å²) in [6, 6.07) is -0.609. The first-order valence-electron chi connectivity index (χ1n) is 18.7. The van der Waals surface area contributed by atoms with E-state index in [-0.39, 0.29) is 36.2 Å². The van der Waals surface area contributed by atoms with Crippen LogP contribution in [0.15, 0.2) is 12.2 Å². The Morgan fingerprint density at radius 3 is 1.65 bits per heavy atom. The van der Waals surface area contributed by atoms with Gasteiger partial charge in [-0.25, -0.2) is 4.79 Å². The summed E-state index contributed by atoms with van der Waals surface area (Å²) in [7, 11) is 5.51. The molecule has 0 aromatic heterocycles. The van der Waals surface area contributed by atoms with Crippen molar-refractivity contribution in [3.05, 3.63) is 12.2 Å². The molecule has 0 fully saturated rings. The van der Waals surface area contributed by atoms with Crippen molar-refractivity contribution >= 4 is 17.9 Å². The molecule has 0 aromatic carbocycles. The highest BCUT2D eigenvalue weighted by molar-refractivity contribution is 5.72. The molecular formula is C38H72NO7+. The van der Waals surface area contributed by atoms with Gasteiger partial charge in [0.25, 0.3) is 0 Å². The molecule has 0 rings (SSSR count). The summed E-state index contributed by atoms with van der Waals surface area (Å²) < 4.78 is 17.2. The Labute approximate surface area is 282 Å². The molecule has 8 nitrogen and oxygen atoms in total. The first-order valence-corrected chi connectivity index (χ1v) is 18.7. The summed E-state index contributed by atoms with van der Waals surface area (Å²) in [5, 5.41) is 9.56. The normalized spacial score (nSPS) is 13.2. The number of allylic oxidation sites excluding steroid dienone is 2. The van der Waals surface area contributed by atoms with Crippen molar-refractivity contribution < 1.29 is 38.2 Å². The molecule has 0 bridgehead atoms.